The molecule has 56 heavy (non-hydrogen) atoms. The van der Waals surface area contributed by atoms with Crippen molar-refractivity contribution in [2.45, 2.75) is 92.5 Å². The zero-order valence-electron chi connectivity index (χ0n) is 33.5. The molecule has 5 bridgehead atoms. The molecular weight excluding hydrogens is 728 g/mol. The Morgan fingerprint density at radius 3 is 2.29 bits per heavy atom. The van der Waals surface area contributed by atoms with E-state index in [1.54, 1.807) is 46.8 Å². The number of aliphatic hydroxyl groups excluding tert-OH is 2. The summed E-state index contributed by atoms with van der Waals surface area (Å²) >= 11 is 0. The molecule has 6 N–H and O–H groups in total. The number of ketones is 1. The highest BCUT2D eigenvalue weighted by Crippen LogP contribution is 2.54. The minimum atomic E-state index is -2.02. The molecule has 0 fully saturated rings. The van der Waals surface area contributed by atoms with Crippen LogP contribution >= 0.6 is 0 Å². The third-order valence-electron chi connectivity index (χ3n) is 10.6. The normalized spacial score (nSPS) is 30.8. The number of amides is 2. The first-order valence-electron chi connectivity index (χ1n) is 18.5. The number of ether oxygens (including phenoxy) is 5. The lowest BCUT2D eigenvalue weighted by atomic mass is 9.78. The van der Waals surface area contributed by atoms with Gasteiger partial charge in [0.2, 0.25) is 0 Å². The Morgan fingerprint density at radius 2 is 1.66 bits per heavy atom. The van der Waals surface area contributed by atoms with Gasteiger partial charge in [0, 0.05) is 73.8 Å². The van der Waals surface area contributed by atoms with E-state index >= 15 is 0 Å². The molecule has 0 aromatic heterocycles. The number of methoxy groups -OCH3 is 1. The second-order valence-corrected chi connectivity index (χ2v) is 14.6. The number of phenolic OH excluding ortho intramolecular Hbond substituents is 2. The number of Topliss-reactive ketones (excluding diaryl/α,β-unsaturated/α-hetero) is 1. The van der Waals surface area contributed by atoms with Gasteiger partial charge in [-0.2, -0.15) is 0 Å². The van der Waals surface area contributed by atoms with Gasteiger partial charge in [-0.3, -0.25) is 19.2 Å². The monoisotopic (exact) mass is 782 g/mol. The van der Waals surface area contributed by atoms with Gasteiger partial charge in [0.25, 0.3) is 17.6 Å². The number of hydrogen-bond acceptors (Lipinski definition) is 13. The van der Waals surface area contributed by atoms with Crippen molar-refractivity contribution in [3.05, 3.63) is 53.3 Å². The first kappa shape index (κ1) is 43.6. The third-order valence-corrected chi connectivity index (χ3v) is 10.6. The van der Waals surface area contributed by atoms with Crippen LogP contribution in [-0.2, 0) is 28.6 Å². The van der Waals surface area contributed by atoms with Crippen LogP contribution in [0.1, 0.15) is 71.3 Å². The van der Waals surface area contributed by atoms with Crippen molar-refractivity contribution in [1.82, 2.24) is 5.32 Å². The Kier molecular flexibility index (Phi) is 13.8. The van der Waals surface area contributed by atoms with Crippen LogP contribution in [0.25, 0.3) is 10.8 Å². The Bertz CT molecular complexity index is 1940. The van der Waals surface area contributed by atoms with Gasteiger partial charge in [-0.05, 0) is 26.8 Å². The first-order chi connectivity index (χ1) is 26.3. The van der Waals surface area contributed by atoms with Gasteiger partial charge in [-0.1, -0.05) is 45.9 Å². The number of aromatic hydroxyl groups is 2. The summed E-state index contributed by atoms with van der Waals surface area (Å²) in [6.45, 7) is 14.0. The summed E-state index contributed by atoms with van der Waals surface area (Å²) in [5.41, 5.74) is -0.0351. The molecule has 0 saturated carbocycles. The Hall–Kier alpha value is -5.12. The van der Waals surface area contributed by atoms with Crippen molar-refractivity contribution >= 4 is 40.0 Å². The largest absolute Gasteiger partial charge is 0.507 e. The molecule has 0 radical (unpaired) electrons. The number of fused-ring (bicyclic) bond motifs is 14. The van der Waals surface area contributed by atoms with E-state index in [4.69, 9.17) is 23.7 Å². The number of hydrogen-bond donors (Lipinski definition) is 6. The van der Waals surface area contributed by atoms with Crippen molar-refractivity contribution in [3.8, 4) is 23.0 Å². The van der Waals surface area contributed by atoms with Crippen LogP contribution in [0.5, 0.6) is 23.0 Å². The molecule has 0 spiro atoms. The summed E-state index contributed by atoms with van der Waals surface area (Å²) in [6.07, 6.45) is 3.57. The summed E-state index contributed by atoms with van der Waals surface area (Å²) in [6, 6.07) is 1.24. The van der Waals surface area contributed by atoms with E-state index in [0.29, 0.717) is 6.54 Å². The second-order valence-electron chi connectivity index (χ2n) is 14.6. The second kappa shape index (κ2) is 17.8. The lowest BCUT2D eigenvalue weighted by molar-refractivity contribution is -0.160. The highest BCUT2D eigenvalue weighted by atomic mass is 16.7. The number of aliphatic hydroxyl groups is 2. The fourth-order valence-electron chi connectivity index (χ4n) is 7.14. The molecular formula is C41H54N2O13. The topological polar surface area (TPSA) is 219 Å². The summed E-state index contributed by atoms with van der Waals surface area (Å²) in [5.74, 6) is -8.18. The van der Waals surface area contributed by atoms with E-state index in [-0.39, 0.29) is 44.7 Å². The van der Waals surface area contributed by atoms with Gasteiger partial charge in [-0.15, -0.1) is 0 Å². The average Bonchev–Trinajstić information content (AvgIpc) is 3.42. The smallest absolute Gasteiger partial charge is 0.312 e. The average molecular weight is 783 g/mol. The number of anilines is 1. The molecule has 3 aliphatic rings. The van der Waals surface area contributed by atoms with E-state index in [1.807, 2.05) is 0 Å². The quantitative estimate of drug-likeness (QED) is 0.175. The van der Waals surface area contributed by atoms with Gasteiger partial charge in [0.05, 0.1) is 41.2 Å². The molecule has 15 nitrogen and oxygen atoms in total. The van der Waals surface area contributed by atoms with Crippen LogP contribution in [0.4, 0.5) is 5.69 Å². The SMILES string of the molecule is CCNC(=O)COc1cc2c(O)c3c(O)c(C)c4c(c13)C(=O)[C@@](C)(O/C=C/[C@H](OC)[C@H](C)[C@H](OC(C)=O)[C@H](C)[C@H](O)[C@H](C)[C@H](O)[C@H](C)/C=C/C=C(/C)C(=O)N2)O4. The molecule has 0 aliphatic carbocycles. The van der Waals surface area contributed by atoms with Crippen LogP contribution < -0.4 is 20.1 Å². The van der Waals surface area contributed by atoms with Gasteiger partial charge in [0.1, 0.15) is 23.4 Å². The maximum Gasteiger partial charge on any atom is 0.312 e. The number of phenols is 2. The number of esters is 1. The zero-order valence-corrected chi connectivity index (χ0v) is 33.5. The van der Waals surface area contributed by atoms with E-state index in [9.17, 15) is 39.6 Å². The molecule has 0 saturated heterocycles. The summed E-state index contributed by atoms with van der Waals surface area (Å²) < 4.78 is 29.4. The van der Waals surface area contributed by atoms with Crippen molar-refractivity contribution in [2.75, 3.05) is 25.6 Å². The van der Waals surface area contributed by atoms with Crippen molar-refractivity contribution < 1.29 is 63.3 Å². The minimum absolute atomic E-state index is 0.0639. The van der Waals surface area contributed by atoms with E-state index in [2.05, 4.69) is 10.6 Å². The Balaban J connectivity index is 1.93. The predicted molar refractivity (Wildman–Crippen MR) is 206 cm³/mol. The molecule has 3 aliphatic heterocycles. The van der Waals surface area contributed by atoms with Crippen molar-refractivity contribution in [3.63, 3.8) is 0 Å². The molecule has 9 atom stereocenters. The molecule has 306 valence electrons. The highest BCUT2D eigenvalue weighted by Gasteiger charge is 2.49. The predicted octanol–water partition coefficient (Wildman–Crippen LogP) is 4.56. The molecule has 3 heterocycles. The molecule has 2 aromatic rings. The molecule has 0 unspecified atom stereocenters. The Labute approximate surface area is 326 Å². The molecule has 2 aromatic carbocycles. The summed E-state index contributed by atoms with van der Waals surface area (Å²) in [7, 11) is 1.43. The fraction of sp³-hybridized carbons (Fsp3) is 0.512. The van der Waals surface area contributed by atoms with Gasteiger partial charge in [0.15, 0.2) is 12.4 Å². The van der Waals surface area contributed by atoms with Crippen LogP contribution in [-0.4, -0.2) is 94.5 Å². The number of nitrogens with one attached hydrogen (secondary N) is 2. The summed E-state index contributed by atoms with van der Waals surface area (Å²) in [5, 5.41) is 50.7. The maximum atomic E-state index is 14.3. The number of likely N-dealkylation sites (N-methyl/N-ethyl adjacent to an activating group) is 1. The van der Waals surface area contributed by atoms with E-state index in [1.165, 1.54) is 59.3 Å². The number of allylic oxidation sites excluding steroid dienone is 2. The number of carbonyl (C=O) groups excluding carboxylic acids is 4. The van der Waals surface area contributed by atoms with Gasteiger partial charge < -0.3 is 54.7 Å². The molecule has 15 heteroatoms. The minimum Gasteiger partial charge on any atom is -0.507 e. The lowest BCUT2D eigenvalue weighted by Crippen LogP contribution is -2.46. The molecule has 5 rings (SSSR count). The number of rotatable bonds is 6. The molecule has 2 amide bonds. The number of carbonyl (C=O) groups is 4. The van der Waals surface area contributed by atoms with Crippen LogP contribution in [0.15, 0.2) is 42.2 Å². The standard InChI is InChI=1S/C41H54N2O13/c1-11-42-29(45)18-53-28-17-26-36(49)31-30(28)32-38(24(7)35(31)48)56-41(9,39(32)50)54-16-15-27(52-10)21(4)37(55-25(8)44)23(6)34(47)22(5)33(46)19(2)13-12-14-20(3)40(51)43-26/h12-17,19,21-23,27,33-34,37,46-49H,11,18H2,1-10H3,(H,42,45)(H,43,51)/b13-12+,16-15+,20-14-/t19-,21+,22-,23-,27+,33-,34-,37+,41+/m1/s1. The third kappa shape index (κ3) is 8.79. The van der Waals surface area contributed by atoms with Crippen LogP contribution in [0.3, 0.4) is 0 Å². The van der Waals surface area contributed by atoms with Crippen molar-refractivity contribution in [2.24, 2.45) is 23.7 Å². The van der Waals surface area contributed by atoms with Gasteiger partial charge >= 0.3 is 11.8 Å². The van der Waals surface area contributed by atoms with Crippen LogP contribution in [0.2, 0.25) is 0 Å². The maximum absolute atomic E-state index is 14.3. The highest BCUT2D eigenvalue weighted by molar-refractivity contribution is 6.21. The Morgan fingerprint density at radius 1 is 0.982 bits per heavy atom. The van der Waals surface area contributed by atoms with Gasteiger partial charge in [-0.25, -0.2) is 0 Å². The zero-order chi connectivity index (χ0) is 41.8. The summed E-state index contributed by atoms with van der Waals surface area (Å²) in [4.78, 5) is 52.6. The lowest BCUT2D eigenvalue weighted by Gasteiger charge is -2.38. The van der Waals surface area contributed by atoms with E-state index < -0.39 is 95.5 Å². The number of benzene rings is 2. The van der Waals surface area contributed by atoms with Crippen molar-refractivity contribution in [1.29, 1.82) is 0 Å². The van der Waals surface area contributed by atoms with E-state index in [0.717, 1.165) is 0 Å². The van der Waals surface area contributed by atoms with Crippen LogP contribution in [0, 0.1) is 30.6 Å². The fourth-order valence-corrected chi connectivity index (χ4v) is 7.14. The first-order valence-corrected chi connectivity index (χ1v) is 18.5.